The minimum Gasteiger partial charge on any atom is -0.383 e. The van der Waals surface area contributed by atoms with E-state index in [0.29, 0.717) is 11.8 Å². The molecule has 5 fully saturated rings. The number of piperazine rings is 1. The van der Waals surface area contributed by atoms with Crippen LogP contribution in [0.1, 0.15) is 44.1 Å². The zero-order valence-corrected chi connectivity index (χ0v) is 15.2. The summed E-state index contributed by atoms with van der Waals surface area (Å²) in [4.78, 5) is 13.9. The first kappa shape index (κ1) is 15.7. The highest BCUT2D eigenvalue weighted by atomic mass is 15.3. The molecule has 1 aromatic heterocycles. The van der Waals surface area contributed by atoms with E-state index in [1.165, 1.54) is 44.1 Å². The number of anilines is 3. The van der Waals surface area contributed by atoms with E-state index < -0.39 is 0 Å². The second-order valence-electron chi connectivity index (χ2n) is 9.15. The molecule has 0 amide bonds. The molecular formula is C19H30N6. The molecule has 6 rings (SSSR count). The van der Waals surface area contributed by atoms with Crippen molar-refractivity contribution in [1.82, 2.24) is 14.9 Å². The molecule has 4 saturated carbocycles. The fourth-order valence-electron chi connectivity index (χ4n) is 6.66. The molecule has 4 bridgehead atoms. The van der Waals surface area contributed by atoms with Crippen LogP contribution in [0.3, 0.4) is 0 Å². The fraction of sp³-hybridized carbons (Fsp3) is 0.789. The van der Waals surface area contributed by atoms with Crippen LogP contribution in [-0.4, -0.2) is 48.1 Å². The van der Waals surface area contributed by atoms with Crippen molar-refractivity contribution >= 4 is 17.6 Å². The molecule has 4 N–H and O–H groups in total. The largest absolute Gasteiger partial charge is 0.383 e. The second kappa shape index (κ2) is 5.47. The monoisotopic (exact) mass is 342 g/mol. The highest BCUT2D eigenvalue weighted by molar-refractivity contribution is 5.64. The van der Waals surface area contributed by atoms with Gasteiger partial charge in [-0.25, -0.2) is 0 Å². The summed E-state index contributed by atoms with van der Waals surface area (Å²) in [6.45, 7) is 4.10. The lowest BCUT2D eigenvalue weighted by Gasteiger charge is -2.57. The van der Waals surface area contributed by atoms with Crippen molar-refractivity contribution in [1.29, 1.82) is 0 Å². The maximum atomic E-state index is 6.51. The molecule has 25 heavy (non-hydrogen) atoms. The highest BCUT2D eigenvalue weighted by Crippen LogP contribution is 2.62. The summed E-state index contributed by atoms with van der Waals surface area (Å²) in [5.41, 5.74) is 14.0. The molecular weight excluding hydrogens is 312 g/mol. The van der Waals surface area contributed by atoms with Crippen LogP contribution in [0.4, 0.5) is 17.6 Å². The maximum absolute atomic E-state index is 6.51. The van der Waals surface area contributed by atoms with Crippen molar-refractivity contribution in [2.45, 2.75) is 43.9 Å². The quantitative estimate of drug-likeness (QED) is 0.853. The van der Waals surface area contributed by atoms with Gasteiger partial charge >= 0.3 is 0 Å². The summed E-state index contributed by atoms with van der Waals surface area (Å²) in [5, 5.41) is 0. The second-order valence-corrected chi connectivity index (χ2v) is 9.15. The summed E-state index contributed by atoms with van der Waals surface area (Å²) >= 11 is 0. The first-order valence-corrected chi connectivity index (χ1v) is 9.89. The van der Waals surface area contributed by atoms with Crippen molar-refractivity contribution in [2.75, 3.05) is 49.6 Å². The van der Waals surface area contributed by atoms with Gasteiger partial charge in [-0.05, 0) is 63.3 Å². The normalized spacial score (nSPS) is 37.6. The van der Waals surface area contributed by atoms with Gasteiger partial charge in [0.1, 0.15) is 11.6 Å². The number of nitrogens with two attached hydrogens (primary N) is 2. The smallest absolute Gasteiger partial charge is 0.223 e. The topological polar surface area (TPSA) is 84.3 Å². The number of aromatic nitrogens is 2. The Kier molecular flexibility index (Phi) is 3.43. The van der Waals surface area contributed by atoms with E-state index in [1.54, 1.807) is 0 Å². The molecule has 1 aliphatic heterocycles. The van der Waals surface area contributed by atoms with E-state index in [4.69, 9.17) is 16.5 Å². The molecule has 0 radical (unpaired) electrons. The summed E-state index contributed by atoms with van der Waals surface area (Å²) in [6, 6.07) is 0. The Morgan fingerprint density at radius 1 is 0.880 bits per heavy atom. The van der Waals surface area contributed by atoms with E-state index in [9.17, 15) is 0 Å². The Balaban J connectivity index is 1.59. The summed E-state index contributed by atoms with van der Waals surface area (Å²) in [5.74, 6) is 4.64. The lowest BCUT2D eigenvalue weighted by molar-refractivity contribution is -0.00489. The van der Waals surface area contributed by atoms with Crippen LogP contribution in [-0.2, 0) is 5.41 Å². The van der Waals surface area contributed by atoms with Gasteiger partial charge < -0.3 is 21.3 Å². The number of nitrogen functional groups attached to an aromatic ring is 2. The lowest BCUT2D eigenvalue weighted by atomic mass is 9.48. The summed E-state index contributed by atoms with van der Waals surface area (Å²) in [7, 11) is 2.18. The molecule has 136 valence electrons. The van der Waals surface area contributed by atoms with Crippen LogP contribution in [0.5, 0.6) is 0 Å². The van der Waals surface area contributed by atoms with Crippen LogP contribution in [0.15, 0.2) is 0 Å². The number of rotatable bonds is 2. The number of hydrogen-bond donors (Lipinski definition) is 2. The van der Waals surface area contributed by atoms with E-state index in [-0.39, 0.29) is 5.41 Å². The Labute approximate surface area is 150 Å². The maximum Gasteiger partial charge on any atom is 0.223 e. The van der Waals surface area contributed by atoms with Gasteiger partial charge in [0.05, 0.1) is 0 Å². The molecule has 5 aliphatic rings. The van der Waals surface area contributed by atoms with Gasteiger partial charge in [0.25, 0.3) is 0 Å². The minimum atomic E-state index is 0.200. The van der Waals surface area contributed by atoms with Crippen molar-refractivity contribution < 1.29 is 0 Å². The lowest BCUT2D eigenvalue weighted by Crippen LogP contribution is -2.51. The number of nitrogens with zero attached hydrogens (tertiary/aromatic N) is 4. The summed E-state index contributed by atoms with van der Waals surface area (Å²) < 4.78 is 0. The van der Waals surface area contributed by atoms with Gasteiger partial charge in [0.2, 0.25) is 5.95 Å². The van der Waals surface area contributed by atoms with E-state index in [2.05, 4.69) is 21.8 Å². The van der Waals surface area contributed by atoms with Gasteiger partial charge in [-0.3, -0.25) is 0 Å². The van der Waals surface area contributed by atoms with E-state index in [1.807, 2.05) is 0 Å². The van der Waals surface area contributed by atoms with Crippen LogP contribution >= 0.6 is 0 Å². The molecule has 2 heterocycles. The van der Waals surface area contributed by atoms with Crippen LogP contribution in [0, 0.1) is 17.8 Å². The molecule has 6 heteroatoms. The molecule has 4 aliphatic carbocycles. The van der Waals surface area contributed by atoms with Crippen molar-refractivity contribution in [3.8, 4) is 0 Å². The minimum absolute atomic E-state index is 0.200. The molecule has 0 spiro atoms. The molecule has 0 aromatic carbocycles. The van der Waals surface area contributed by atoms with Crippen LogP contribution in [0.2, 0.25) is 0 Å². The third-order valence-electron chi connectivity index (χ3n) is 7.31. The van der Waals surface area contributed by atoms with Crippen molar-refractivity contribution in [3.05, 3.63) is 5.56 Å². The van der Waals surface area contributed by atoms with Crippen molar-refractivity contribution in [3.63, 3.8) is 0 Å². The van der Waals surface area contributed by atoms with E-state index in [0.717, 1.165) is 49.8 Å². The Morgan fingerprint density at radius 3 is 2.00 bits per heavy atom. The zero-order chi connectivity index (χ0) is 17.2. The first-order valence-electron chi connectivity index (χ1n) is 9.89. The highest BCUT2D eigenvalue weighted by Gasteiger charge is 2.53. The fourth-order valence-corrected chi connectivity index (χ4v) is 6.66. The van der Waals surface area contributed by atoms with E-state index >= 15 is 0 Å². The average molecular weight is 342 g/mol. The third-order valence-corrected chi connectivity index (χ3v) is 7.31. The van der Waals surface area contributed by atoms with Gasteiger partial charge in [-0.2, -0.15) is 9.97 Å². The number of hydrogen-bond acceptors (Lipinski definition) is 6. The standard InChI is InChI=1S/C19H30N6/c1-24-2-4-25(5-3-24)17-15(16(20)22-18(21)23-17)19-9-12-6-13(10-19)8-14(7-12)11-19/h12-14H,2-11H2,1H3,(H4,20,21,22,23). The Morgan fingerprint density at radius 2 is 1.44 bits per heavy atom. The van der Waals surface area contributed by atoms with Crippen LogP contribution in [0.25, 0.3) is 0 Å². The molecule has 0 atom stereocenters. The van der Waals surface area contributed by atoms with Gasteiger partial charge in [0.15, 0.2) is 0 Å². The predicted molar refractivity (Wildman–Crippen MR) is 100 cm³/mol. The van der Waals surface area contributed by atoms with Crippen molar-refractivity contribution in [2.24, 2.45) is 17.8 Å². The molecule has 0 unspecified atom stereocenters. The van der Waals surface area contributed by atoms with Gasteiger partial charge in [0, 0.05) is 37.2 Å². The first-order chi connectivity index (χ1) is 12.0. The van der Waals surface area contributed by atoms with Gasteiger partial charge in [-0.1, -0.05) is 0 Å². The molecule has 1 aromatic rings. The summed E-state index contributed by atoms with van der Waals surface area (Å²) in [6.07, 6.45) is 8.11. The Bertz CT molecular complexity index is 643. The predicted octanol–water partition coefficient (Wildman–Crippen LogP) is 1.86. The third kappa shape index (κ3) is 2.48. The van der Waals surface area contributed by atoms with Gasteiger partial charge in [-0.15, -0.1) is 0 Å². The number of likely N-dealkylation sites (N-methyl/N-ethyl adjacent to an activating group) is 1. The Hall–Kier alpha value is -1.56. The zero-order valence-electron chi connectivity index (χ0n) is 15.2. The SMILES string of the molecule is CN1CCN(c2nc(N)nc(N)c2C23CC4CC(CC(C4)C2)C3)CC1. The molecule has 1 saturated heterocycles. The average Bonchev–Trinajstić information content (AvgIpc) is 2.53. The molecule has 6 nitrogen and oxygen atoms in total. The van der Waals surface area contributed by atoms with Crippen LogP contribution < -0.4 is 16.4 Å².